The first kappa shape index (κ1) is 17.9. The minimum Gasteiger partial charge on any atom is -0.390 e. The molecule has 4 rings (SSSR count). The SMILES string of the molecule is N#Cc1ccc(/C(C=N)=C/NCC2(CF)CC2)c(-c2ccn3ccnc3c2)n1. The lowest BCUT2D eigenvalue weighted by Crippen LogP contribution is -2.21. The van der Waals surface area contributed by atoms with Crippen molar-refractivity contribution in [3.05, 3.63) is 60.3 Å². The van der Waals surface area contributed by atoms with Crippen LogP contribution in [0.3, 0.4) is 0 Å². The Bertz CT molecular complexity index is 1100. The van der Waals surface area contributed by atoms with Gasteiger partial charge in [-0.3, -0.25) is 4.39 Å². The van der Waals surface area contributed by atoms with Gasteiger partial charge in [-0.05, 0) is 37.1 Å². The third-order valence-electron chi connectivity index (χ3n) is 5.12. The van der Waals surface area contributed by atoms with Crippen LogP contribution in [0.2, 0.25) is 0 Å². The lowest BCUT2D eigenvalue weighted by molar-refractivity contribution is 0.338. The second-order valence-corrected chi connectivity index (χ2v) is 7.07. The van der Waals surface area contributed by atoms with E-state index in [1.54, 1.807) is 24.5 Å². The molecule has 0 amide bonds. The molecule has 28 heavy (non-hydrogen) atoms. The molecule has 1 saturated carbocycles. The van der Waals surface area contributed by atoms with Crippen molar-refractivity contribution >= 4 is 17.4 Å². The molecule has 0 aromatic carbocycles. The molecular formula is C21H19FN6. The fourth-order valence-corrected chi connectivity index (χ4v) is 3.14. The number of halogens is 1. The molecule has 6 nitrogen and oxygen atoms in total. The lowest BCUT2D eigenvalue weighted by atomic mass is 10.00. The average Bonchev–Trinajstić information content (AvgIpc) is 3.37. The summed E-state index contributed by atoms with van der Waals surface area (Å²) in [5, 5.41) is 20.3. The van der Waals surface area contributed by atoms with Crippen LogP contribution in [0.15, 0.2) is 49.1 Å². The Morgan fingerprint density at radius 2 is 2.21 bits per heavy atom. The third-order valence-corrected chi connectivity index (χ3v) is 5.12. The summed E-state index contributed by atoms with van der Waals surface area (Å²) < 4.78 is 15.0. The maximum absolute atomic E-state index is 13.1. The number of imidazole rings is 1. The maximum Gasteiger partial charge on any atom is 0.141 e. The number of alkyl halides is 1. The van der Waals surface area contributed by atoms with Crippen molar-refractivity contribution in [2.75, 3.05) is 13.2 Å². The topological polar surface area (TPSA) is 89.9 Å². The van der Waals surface area contributed by atoms with Crippen LogP contribution in [-0.2, 0) is 0 Å². The van der Waals surface area contributed by atoms with E-state index >= 15 is 0 Å². The van der Waals surface area contributed by atoms with E-state index in [2.05, 4.69) is 21.4 Å². The van der Waals surface area contributed by atoms with E-state index in [9.17, 15) is 9.65 Å². The van der Waals surface area contributed by atoms with Gasteiger partial charge in [-0.2, -0.15) is 5.26 Å². The summed E-state index contributed by atoms with van der Waals surface area (Å²) in [7, 11) is 0. The second kappa shape index (κ2) is 7.24. The minimum absolute atomic E-state index is 0.249. The second-order valence-electron chi connectivity index (χ2n) is 7.07. The van der Waals surface area contributed by atoms with E-state index in [1.807, 2.05) is 28.9 Å². The van der Waals surface area contributed by atoms with Crippen molar-refractivity contribution in [1.82, 2.24) is 19.7 Å². The molecule has 140 valence electrons. The van der Waals surface area contributed by atoms with Gasteiger partial charge in [0, 0.05) is 59.7 Å². The largest absolute Gasteiger partial charge is 0.390 e. The van der Waals surface area contributed by atoms with Crippen molar-refractivity contribution in [3.8, 4) is 17.3 Å². The first-order valence-corrected chi connectivity index (χ1v) is 9.03. The summed E-state index contributed by atoms with van der Waals surface area (Å²) in [6, 6.07) is 9.28. The zero-order valence-electron chi connectivity index (χ0n) is 15.2. The van der Waals surface area contributed by atoms with Crippen molar-refractivity contribution in [3.63, 3.8) is 0 Å². The molecule has 1 fully saturated rings. The Morgan fingerprint density at radius 3 is 2.93 bits per heavy atom. The zero-order valence-corrected chi connectivity index (χ0v) is 15.2. The van der Waals surface area contributed by atoms with E-state index in [4.69, 9.17) is 5.41 Å². The van der Waals surface area contributed by atoms with Crippen LogP contribution in [0.5, 0.6) is 0 Å². The zero-order chi connectivity index (χ0) is 19.6. The van der Waals surface area contributed by atoms with Gasteiger partial charge in [-0.15, -0.1) is 0 Å². The Kier molecular flexibility index (Phi) is 4.62. The number of allylic oxidation sites excluding steroid dienone is 1. The summed E-state index contributed by atoms with van der Waals surface area (Å²) in [5.41, 5.74) is 3.57. The molecule has 3 heterocycles. The highest BCUT2D eigenvalue weighted by Crippen LogP contribution is 2.45. The molecule has 0 spiro atoms. The molecule has 0 radical (unpaired) electrons. The minimum atomic E-state index is -0.332. The fourth-order valence-electron chi connectivity index (χ4n) is 3.14. The quantitative estimate of drug-likeness (QED) is 0.618. The van der Waals surface area contributed by atoms with Crippen molar-refractivity contribution < 1.29 is 4.39 Å². The Labute approximate surface area is 161 Å². The normalized spacial score (nSPS) is 15.2. The molecular weight excluding hydrogens is 355 g/mol. The van der Waals surface area contributed by atoms with E-state index in [1.165, 1.54) is 6.21 Å². The standard InChI is InChI=1S/C21H19FN6/c22-13-21(4-5-21)14-25-12-16(10-23)18-2-1-17(11-24)27-20(18)15-3-7-28-8-6-26-19(28)9-15/h1-3,6-10,12,23,25H,4-5,13-14H2/b16-12+,23-10?. The third kappa shape index (κ3) is 3.37. The van der Waals surface area contributed by atoms with Crippen LogP contribution in [0, 0.1) is 22.2 Å². The highest BCUT2D eigenvalue weighted by Gasteiger charge is 2.42. The highest BCUT2D eigenvalue weighted by molar-refractivity contribution is 6.10. The molecule has 0 aliphatic heterocycles. The summed E-state index contributed by atoms with van der Waals surface area (Å²) in [4.78, 5) is 8.77. The van der Waals surface area contributed by atoms with E-state index in [0.29, 0.717) is 23.5 Å². The number of nitriles is 1. The van der Waals surface area contributed by atoms with Crippen LogP contribution in [-0.4, -0.2) is 33.8 Å². The van der Waals surface area contributed by atoms with Crippen LogP contribution in [0.1, 0.15) is 24.1 Å². The molecule has 0 saturated heterocycles. The van der Waals surface area contributed by atoms with E-state index in [0.717, 1.165) is 29.6 Å². The fraction of sp³-hybridized carbons (Fsp3) is 0.238. The van der Waals surface area contributed by atoms with Crippen LogP contribution < -0.4 is 5.32 Å². The molecule has 1 aliphatic carbocycles. The predicted octanol–water partition coefficient (Wildman–Crippen LogP) is 3.60. The van der Waals surface area contributed by atoms with Crippen molar-refractivity contribution in [2.24, 2.45) is 5.41 Å². The molecule has 0 unspecified atom stereocenters. The number of hydrogen-bond donors (Lipinski definition) is 2. The number of rotatable bonds is 7. The monoisotopic (exact) mass is 374 g/mol. The van der Waals surface area contributed by atoms with Gasteiger partial charge in [0.25, 0.3) is 0 Å². The summed E-state index contributed by atoms with van der Waals surface area (Å²) in [5.74, 6) is 0. The van der Waals surface area contributed by atoms with Gasteiger partial charge >= 0.3 is 0 Å². The van der Waals surface area contributed by atoms with Crippen molar-refractivity contribution in [1.29, 1.82) is 10.7 Å². The van der Waals surface area contributed by atoms with Crippen LogP contribution in [0.4, 0.5) is 4.39 Å². The molecule has 7 heteroatoms. The van der Waals surface area contributed by atoms with Gasteiger partial charge in [0.2, 0.25) is 0 Å². The van der Waals surface area contributed by atoms with Gasteiger partial charge in [0.15, 0.2) is 0 Å². The van der Waals surface area contributed by atoms with Gasteiger partial charge in [0.1, 0.15) is 17.4 Å². The lowest BCUT2D eigenvalue weighted by Gasteiger charge is -2.13. The summed E-state index contributed by atoms with van der Waals surface area (Å²) in [6.07, 6.45) is 10.2. The molecule has 2 N–H and O–H groups in total. The molecule has 0 atom stereocenters. The van der Waals surface area contributed by atoms with E-state index < -0.39 is 0 Å². The predicted molar refractivity (Wildman–Crippen MR) is 106 cm³/mol. The van der Waals surface area contributed by atoms with E-state index in [-0.39, 0.29) is 12.1 Å². The number of nitrogens with one attached hydrogen (secondary N) is 2. The Morgan fingerprint density at radius 1 is 1.36 bits per heavy atom. The average molecular weight is 374 g/mol. The molecule has 3 aromatic heterocycles. The maximum atomic E-state index is 13.1. The number of nitrogens with zero attached hydrogens (tertiary/aromatic N) is 4. The number of aromatic nitrogens is 3. The molecule has 1 aliphatic rings. The first-order valence-electron chi connectivity index (χ1n) is 9.03. The van der Waals surface area contributed by atoms with Gasteiger partial charge < -0.3 is 15.1 Å². The highest BCUT2D eigenvalue weighted by atomic mass is 19.1. The Hall–Kier alpha value is -3.53. The summed E-state index contributed by atoms with van der Waals surface area (Å²) in [6.45, 7) is 0.210. The number of pyridine rings is 2. The molecule has 0 bridgehead atoms. The van der Waals surface area contributed by atoms with Crippen molar-refractivity contribution in [2.45, 2.75) is 12.8 Å². The van der Waals surface area contributed by atoms with Gasteiger partial charge in [-0.1, -0.05) is 0 Å². The Balaban J connectivity index is 1.73. The van der Waals surface area contributed by atoms with Gasteiger partial charge in [0.05, 0.1) is 12.4 Å². The smallest absolute Gasteiger partial charge is 0.141 e. The summed E-state index contributed by atoms with van der Waals surface area (Å²) >= 11 is 0. The van der Waals surface area contributed by atoms with Crippen LogP contribution >= 0.6 is 0 Å². The molecule has 3 aromatic rings. The van der Waals surface area contributed by atoms with Gasteiger partial charge in [-0.25, -0.2) is 9.97 Å². The van der Waals surface area contributed by atoms with Crippen LogP contribution in [0.25, 0.3) is 22.5 Å². The first-order chi connectivity index (χ1) is 13.7. The number of hydrogen-bond acceptors (Lipinski definition) is 5. The number of fused-ring (bicyclic) bond motifs is 1.